The Bertz CT molecular complexity index is 1270. The van der Waals surface area contributed by atoms with Crippen molar-refractivity contribution in [3.8, 4) is 17.2 Å². The Hall–Kier alpha value is -5.50. The molecule has 0 saturated heterocycles. The summed E-state index contributed by atoms with van der Waals surface area (Å²) in [6.07, 6.45) is 0. The van der Waals surface area contributed by atoms with Crippen LogP contribution in [0.1, 0.15) is 62.3 Å². The summed E-state index contributed by atoms with van der Waals surface area (Å²) in [5.41, 5.74) is 0. The van der Waals surface area contributed by atoms with Gasteiger partial charge in [0.15, 0.2) is 17.2 Å². The average Bonchev–Trinajstić information content (AvgIpc) is 2.81. The second kappa shape index (κ2) is 16.9. The van der Waals surface area contributed by atoms with Crippen molar-refractivity contribution >= 4 is 80.9 Å². The second-order valence-corrected chi connectivity index (χ2v) is 14.2. The predicted octanol–water partition coefficient (Wildman–Crippen LogP) is 0.198. The smallest absolute Gasteiger partial charge is 0.448 e. The van der Waals surface area contributed by atoms with Crippen molar-refractivity contribution in [3.05, 3.63) is 18.2 Å². The molecule has 48 heavy (non-hydrogen) atoms. The fourth-order valence-electron chi connectivity index (χ4n) is 3.11. The third kappa shape index (κ3) is 13.5. The number of hydrogen-bond donors (Lipinski definition) is 0. The van der Waals surface area contributed by atoms with Gasteiger partial charge < -0.3 is 53.1 Å². The van der Waals surface area contributed by atoms with Crippen LogP contribution < -0.4 is 13.3 Å². The SMILES string of the molecule is CC(=O)O[Si](OC(C)=O)(OC(C)=O)Oc1cccc(O[Si](OC(C)=O)(OC(C)=O)OC(C)=O)c1O[Si](OC(C)=O)(OC(C)=O)OC(C)=O. The summed E-state index contributed by atoms with van der Waals surface area (Å²) >= 11 is 0. The molecule has 0 saturated carbocycles. The molecule has 0 atom stereocenters. The van der Waals surface area contributed by atoms with Crippen molar-refractivity contribution in [2.75, 3.05) is 0 Å². The highest BCUT2D eigenvalue weighted by atomic mass is 28.4. The van der Waals surface area contributed by atoms with Crippen LogP contribution >= 0.6 is 0 Å². The van der Waals surface area contributed by atoms with Crippen molar-refractivity contribution in [2.24, 2.45) is 0 Å². The second-order valence-electron chi connectivity index (χ2n) is 8.73. The molecule has 0 aliphatic heterocycles. The van der Waals surface area contributed by atoms with Crippen molar-refractivity contribution in [1.29, 1.82) is 0 Å². The van der Waals surface area contributed by atoms with Crippen LogP contribution in [0.3, 0.4) is 0 Å². The zero-order chi connectivity index (χ0) is 37.0. The minimum atomic E-state index is -5.46. The molecular formula is C24H30O21Si3. The van der Waals surface area contributed by atoms with Gasteiger partial charge in [-0.25, -0.2) is 0 Å². The van der Waals surface area contributed by atoms with Crippen molar-refractivity contribution in [1.82, 2.24) is 0 Å². The first-order chi connectivity index (χ1) is 22.0. The third-order valence-corrected chi connectivity index (χ3v) is 10.3. The summed E-state index contributed by atoms with van der Waals surface area (Å²) in [6.45, 7) is 7.37. The highest BCUT2D eigenvalue weighted by molar-refractivity contribution is 6.61. The first kappa shape index (κ1) is 40.5. The van der Waals surface area contributed by atoms with Crippen LogP contribution in [-0.4, -0.2) is 80.9 Å². The molecule has 0 unspecified atom stereocenters. The molecule has 1 rings (SSSR count). The highest BCUT2D eigenvalue weighted by Crippen LogP contribution is 2.42. The van der Waals surface area contributed by atoms with E-state index in [0.29, 0.717) is 0 Å². The van der Waals surface area contributed by atoms with Gasteiger partial charge in [-0.15, -0.1) is 0 Å². The molecule has 1 aromatic carbocycles. The number of benzene rings is 1. The summed E-state index contributed by atoms with van der Waals surface area (Å²) in [5, 5.41) is 0. The minimum absolute atomic E-state index is 0.804. The lowest BCUT2D eigenvalue weighted by Crippen LogP contribution is -2.57. The van der Waals surface area contributed by atoms with Gasteiger partial charge in [-0.3, -0.25) is 43.2 Å². The molecule has 0 aliphatic carbocycles. The van der Waals surface area contributed by atoms with Crippen LogP contribution in [0, 0.1) is 0 Å². The van der Waals surface area contributed by atoms with Gasteiger partial charge in [0.1, 0.15) is 0 Å². The van der Waals surface area contributed by atoms with Crippen LogP contribution in [0.4, 0.5) is 0 Å². The van der Waals surface area contributed by atoms with E-state index < -0.39 is 98.1 Å². The number of carbonyl (C=O) groups is 9. The van der Waals surface area contributed by atoms with Gasteiger partial charge in [-0.1, -0.05) is 6.07 Å². The topological polar surface area (TPSA) is 264 Å². The molecule has 0 heterocycles. The number of rotatable bonds is 15. The maximum absolute atomic E-state index is 12.1. The summed E-state index contributed by atoms with van der Waals surface area (Å²) in [7, 11) is -16.1. The Balaban J connectivity index is 4.32. The lowest BCUT2D eigenvalue weighted by molar-refractivity contribution is -0.157. The average molecular weight is 739 g/mol. The summed E-state index contributed by atoms with van der Waals surface area (Å²) in [6, 6.07) is 2.91. The summed E-state index contributed by atoms with van der Waals surface area (Å²) in [5.74, 6) is -13.6. The van der Waals surface area contributed by atoms with Crippen LogP contribution in [0.2, 0.25) is 0 Å². The van der Waals surface area contributed by atoms with Gasteiger partial charge in [-0.2, -0.15) is 0 Å². The lowest BCUT2D eigenvalue weighted by Gasteiger charge is -2.30. The fourth-order valence-corrected chi connectivity index (χ4v) is 8.34. The van der Waals surface area contributed by atoms with Gasteiger partial charge in [0.05, 0.1) is 0 Å². The largest absolute Gasteiger partial charge is 0.973 e. The molecule has 0 N–H and O–H groups in total. The Labute approximate surface area is 274 Å². The van der Waals surface area contributed by atoms with Crippen molar-refractivity contribution in [2.45, 2.75) is 62.3 Å². The minimum Gasteiger partial charge on any atom is -0.448 e. The van der Waals surface area contributed by atoms with Gasteiger partial charge in [0, 0.05) is 62.3 Å². The van der Waals surface area contributed by atoms with Crippen LogP contribution in [0.25, 0.3) is 0 Å². The van der Waals surface area contributed by atoms with Crippen molar-refractivity contribution < 1.29 is 96.3 Å². The molecule has 0 radical (unpaired) electrons. The molecule has 0 amide bonds. The van der Waals surface area contributed by atoms with Crippen LogP contribution in [0.15, 0.2) is 18.2 Å². The molecule has 0 aliphatic rings. The molecule has 0 fully saturated rings. The van der Waals surface area contributed by atoms with E-state index in [0.717, 1.165) is 80.5 Å². The maximum atomic E-state index is 12.1. The molecule has 0 spiro atoms. The van der Waals surface area contributed by atoms with E-state index in [9.17, 15) is 43.2 Å². The number of hydrogen-bond acceptors (Lipinski definition) is 21. The Morgan fingerprint density at radius 1 is 0.354 bits per heavy atom. The maximum Gasteiger partial charge on any atom is 0.973 e. The van der Waals surface area contributed by atoms with E-state index >= 15 is 0 Å². The molecule has 24 heteroatoms. The Morgan fingerprint density at radius 2 is 0.542 bits per heavy atom. The summed E-state index contributed by atoms with van der Waals surface area (Å²) in [4.78, 5) is 109. The predicted molar refractivity (Wildman–Crippen MR) is 151 cm³/mol. The van der Waals surface area contributed by atoms with E-state index in [1.165, 1.54) is 0 Å². The van der Waals surface area contributed by atoms with E-state index in [-0.39, 0.29) is 0 Å². The first-order valence-electron chi connectivity index (χ1n) is 13.0. The zero-order valence-electron chi connectivity index (χ0n) is 26.8. The monoisotopic (exact) mass is 738 g/mol. The van der Waals surface area contributed by atoms with Gasteiger partial charge >= 0.3 is 27.1 Å². The molecular weight excluding hydrogens is 709 g/mol. The molecule has 1 aromatic rings. The molecule has 21 nitrogen and oxygen atoms in total. The normalized spacial score (nSPS) is 10.9. The molecule has 264 valence electrons. The lowest BCUT2D eigenvalue weighted by atomic mass is 10.3. The number of para-hydroxylation sites is 1. The van der Waals surface area contributed by atoms with Crippen LogP contribution in [0.5, 0.6) is 17.2 Å². The number of carbonyl (C=O) groups excluding carboxylic acids is 9. The van der Waals surface area contributed by atoms with Gasteiger partial charge in [0.25, 0.3) is 53.7 Å². The molecule has 0 aromatic heterocycles. The van der Waals surface area contributed by atoms with Gasteiger partial charge in [-0.05, 0) is 12.1 Å². The van der Waals surface area contributed by atoms with Crippen LogP contribution in [-0.2, 0) is 83.0 Å². The summed E-state index contributed by atoms with van der Waals surface area (Å²) < 4.78 is 61.9. The van der Waals surface area contributed by atoms with E-state index in [1.54, 1.807) is 0 Å². The third-order valence-electron chi connectivity index (χ3n) is 4.06. The van der Waals surface area contributed by atoms with Gasteiger partial charge in [0.2, 0.25) is 0 Å². The standard InChI is InChI=1S/C24H30O21Si3/c1-13(25)34-46(35-14(2)26,36-15(3)27)43-22-11-10-12-23(44-47(37-16(4)28,38-17(5)29)39-18(6)30)24(22)45-48(40-19(7)31,41-20(8)32)42-21(9)33/h10-12H,1-9H3. The zero-order valence-corrected chi connectivity index (χ0v) is 29.8. The highest BCUT2D eigenvalue weighted by Gasteiger charge is 2.66. The molecule has 0 bridgehead atoms. The Kier molecular flexibility index (Phi) is 14.3. The first-order valence-corrected chi connectivity index (χ1v) is 17.9. The van der Waals surface area contributed by atoms with Crippen molar-refractivity contribution in [3.63, 3.8) is 0 Å². The van der Waals surface area contributed by atoms with E-state index in [4.69, 9.17) is 53.1 Å². The van der Waals surface area contributed by atoms with E-state index in [2.05, 4.69) is 0 Å². The van der Waals surface area contributed by atoms with E-state index in [1.807, 2.05) is 0 Å². The fraction of sp³-hybridized carbons (Fsp3) is 0.375. The Morgan fingerprint density at radius 3 is 0.729 bits per heavy atom. The quantitative estimate of drug-likeness (QED) is 0.217.